The fraction of sp³-hybridized carbons (Fsp3) is 0.429. The summed E-state index contributed by atoms with van der Waals surface area (Å²) in [6.07, 6.45) is 5.46. The molecule has 0 radical (unpaired) electrons. The second-order valence-electron chi connectivity index (χ2n) is 3.86. The lowest BCUT2D eigenvalue weighted by Crippen LogP contribution is -2.16. The summed E-state index contributed by atoms with van der Waals surface area (Å²) in [5.41, 5.74) is 8.68. The van der Waals surface area contributed by atoms with Crippen LogP contribution in [0.4, 0.5) is 0 Å². The lowest BCUT2D eigenvalue weighted by molar-refractivity contribution is 0.703. The van der Waals surface area contributed by atoms with Gasteiger partial charge in [0.2, 0.25) is 0 Å². The van der Waals surface area contributed by atoms with Crippen molar-refractivity contribution < 1.29 is 0 Å². The Morgan fingerprint density at radius 3 is 2.47 bits per heavy atom. The molecule has 1 atom stereocenters. The van der Waals surface area contributed by atoms with Crippen LogP contribution in [0.2, 0.25) is 0 Å². The van der Waals surface area contributed by atoms with Gasteiger partial charge in [-0.3, -0.25) is 0 Å². The molecule has 1 rings (SSSR count). The van der Waals surface area contributed by atoms with Gasteiger partial charge in [-0.25, -0.2) is 0 Å². The van der Waals surface area contributed by atoms with Crippen LogP contribution in [0.15, 0.2) is 36.4 Å². The summed E-state index contributed by atoms with van der Waals surface area (Å²) < 4.78 is 0. The van der Waals surface area contributed by atoms with Gasteiger partial charge in [-0.05, 0) is 24.0 Å². The molecule has 0 aliphatic carbocycles. The van der Waals surface area contributed by atoms with Crippen LogP contribution >= 0.6 is 0 Å². The van der Waals surface area contributed by atoms with Gasteiger partial charge in [-0.2, -0.15) is 0 Å². The summed E-state index contributed by atoms with van der Waals surface area (Å²) in [7, 11) is 0. The van der Waals surface area contributed by atoms with Crippen LogP contribution in [-0.2, 0) is 0 Å². The topological polar surface area (TPSA) is 26.0 Å². The summed E-state index contributed by atoms with van der Waals surface area (Å²) >= 11 is 0. The van der Waals surface area contributed by atoms with E-state index in [1.54, 1.807) is 0 Å². The molecule has 0 aliphatic rings. The van der Waals surface area contributed by atoms with Gasteiger partial charge in [-0.15, -0.1) is 0 Å². The number of hydrogen-bond acceptors (Lipinski definition) is 1. The van der Waals surface area contributed by atoms with E-state index in [4.69, 9.17) is 5.73 Å². The number of allylic oxidation sites excluding steroid dienone is 1. The van der Waals surface area contributed by atoms with Gasteiger partial charge in [0, 0.05) is 6.04 Å². The van der Waals surface area contributed by atoms with Crippen molar-refractivity contribution in [3.05, 3.63) is 42.0 Å². The molecule has 0 spiro atoms. The third-order valence-electron chi connectivity index (χ3n) is 2.56. The molecule has 1 heteroatoms. The zero-order valence-electron chi connectivity index (χ0n) is 9.74. The van der Waals surface area contributed by atoms with E-state index in [0.29, 0.717) is 0 Å². The molecule has 0 saturated heterocycles. The molecule has 2 N–H and O–H groups in total. The van der Waals surface area contributed by atoms with Gasteiger partial charge in [0.25, 0.3) is 0 Å². The monoisotopic (exact) mass is 203 g/mol. The average molecular weight is 203 g/mol. The van der Waals surface area contributed by atoms with Crippen LogP contribution in [0.1, 0.15) is 38.7 Å². The van der Waals surface area contributed by atoms with Crippen LogP contribution < -0.4 is 5.73 Å². The molecular weight excluding hydrogens is 182 g/mol. The molecule has 1 aromatic rings. The van der Waals surface area contributed by atoms with E-state index in [9.17, 15) is 0 Å². The molecule has 0 bridgehead atoms. The van der Waals surface area contributed by atoms with E-state index in [1.165, 1.54) is 11.1 Å². The van der Waals surface area contributed by atoms with Crippen LogP contribution in [0.5, 0.6) is 0 Å². The van der Waals surface area contributed by atoms with Crippen molar-refractivity contribution in [2.75, 3.05) is 0 Å². The van der Waals surface area contributed by atoms with Crippen LogP contribution in [-0.4, -0.2) is 6.04 Å². The maximum Gasteiger partial charge on any atom is 0.0229 e. The highest BCUT2D eigenvalue weighted by molar-refractivity contribution is 5.65. The summed E-state index contributed by atoms with van der Waals surface area (Å²) in [4.78, 5) is 0. The fourth-order valence-electron chi connectivity index (χ4n) is 1.75. The third-order valence-corrected chi connectivity index (χ3v) is 2.56. The first-order chi connectivity index (χ1) is 7.27. The van der Waals surface area contributed by atoms with E-state index in [-0.39, 0.29) is 6.04 Å². The van der Waals surface area contributed by atoms with E-state index in [0.717, 1.165) is 19.3 Å². The Hall–Kier alpha value is -1.08. The molecule has 0 saturated carbocycles. The maximum absolute atomic E-state index is 6.02. The predicted octanol–water partition coefficient (Wildman–Crippen LogP) is 3.61. The smallest absolute Gasteiger partial charge is 0.0229 e. The SMILES string of the molecule is CCCC(N)C=C(CC)c1ccccc1. The van der Waals surface area contributed by atoms with Gasteiger partial charge in [-0.1, -0.05) is 56.7 Å². The maximum atomic E-state index is 6.02. The van der Waals surface area contributed by atoms with Crippen molar-refractivity contribution in [1.29, 1.82) is 0 Å². The van der Waals surface area contributed by atoms with Gasteiger partial charge in [0.1, 0.15) is 0 Å². The minimum atomic E-state index is 0.199. The Morgan fingerprint density at radius 1 is 1.27 bits per heavy atom. The molecule has 1 unspecified atom stereocenters. The summed E-state index contributed by atoms with van der Waals surface area (Å²) in [5, 5.41) is 0. The second kappa shape index (κ2) is 6.41. The zero-order valence-corrected chi connectivity index (χ0v) is 9.74. The highest BCUT2D eigenvalue weighted by Crippen LogP contribution is 2.18. The summed E-state index contributed by atoms with van der Waals surface area (Å²) in [5.74, 6) is 0. The molecule has 0 heterocycles. The lowest BCUT2D eigenvalue weighted by Gasteiger charge is -2.09. The first-order valence-electron chi connectivity index (χ1n) is 5.79. The van der Waals surface area contributed by atoms with Crippen molar-refractivity contribution in [3.8, 4) is 0 Å². The molecule has 82 valence electrons. The van der Waals surface area contributed by atoms with Gasteiger partial charge in [0.15, 0.2) is 0 Å². The van der Waals surface area contributed by atoms with Crippen LogP contribution in [0.25, 0.3) is 5.57 Å². The van der Waals surface area contributed by atoms with Gasteiger partial charge in [0.05, 0.1) is 0 Å². The molecule has 1 nitrogen and oxygen atoms in total. The normalized spacial score (nSPS) is 13.9. The largest absolute Gasteiger partial charge is 0.324 e. The standard InChI is InChI=1S/C14H21N/c1-3-8-14(15)11-12(4-2)13-9-6-5-7-10-13/h5-7,9-11,14H,3-4,8,15H2,1-2H3. The Labute approximate surface area is 93.0 Å². The minimum Gasteiger partial charge on any atom is -0.324 e. The molecule has 0 aliphatic heterocycles. The summed E-state index contributed by atoms with van der Waals surface area (Å²) in [6, 6.07) is 10.7. The molecule has 1 aromatic carbocycles. The number of rotatable bonds is 5. The number of hydrogen-bond donors (Lipinski definition) is 1. The molecule has 0 amide bonds. The minimum absolute atomic E-state index is 0.199. The Bertz CT molecular complexity index is 300. The van der Waals surface area contributed by atoms with Crippen molar-refractivity contribution >= 4 is 5.57 Å². The quantitative estimate of drug-likeness (QED) is 0.777. The summed E-state index contributed by atoms with van der Waals surface area (Å²) in [6.45, 7) is 4.35. The third kappa shape index (κ3) is 3.88. The Kier molecular flexibility index (Phi) is 5.13. The van der Waals surface area contributed by atoms with Crippen LogP contribution in [0, 0.1) is 0 Å². The lowest BCUT2D eigenvalue weighted by atomic mass is 10.00. The van der Waals surface area contributed by atoms with Crippen molar-refractivity contribution in [2.24, 2.45) is 5.73 Å². The van der Waals surface area contributed by atoms with E-state index >= 15 is 0 Å². The van der Waals surface area contributed by atoms with E-state index in [1.807, 2.05) is 6.07 Å². The van der Waals surface area contributed by atoms with Gasteiger partial charge < -0.3 is 5.73 Å². The van der Waals surface area contributed by atoms with Crippen molar-refractivity contribution in [2.45, 2.75) is 39.2 Å². The molecule has 0 fully saturated rings. The molecular formula is C14H21N. The Morgan fingerprint density at radius 2 is 1.93 bits per heavy atom. The predicted molar refractivity (Wildman–Crippen MR) is 67.6 cm³/mol. The Balaban J connectivity index is 2.79. The van der Waals surface area contributed by atoms with E-state index < -0.39 is 0 Å². The average Bonchev–Trinajstić information content (AvgIpc) is 2.27. The van der Waals surface area contributed by atoms with Gasteiger partial charge >= 0.3 is 0 Å². The number of benzene rings is 1. The highest BCUT2D eigenvalue weighted by Gasteiger charge is 2.01. The highest BCUT2D eigenvalue weighted by atomic mass is 14.6. The van der Waals surface area contributed by atoms with E-state index in [2.05, 4.69) is 44.2 Å². The zero-order chi connectivity index (χ0) is 11.1. The van der Waals surface area contributed by atoms with Crippen LogP contribution in [0.3, 0.4) is 0 Å². The fourth-order valence-corrected chi connectivity index (χ4v) is 1.75. The first-order valence-corrected chi connectivity index (χ1v) is 5.79. The van der Waals surface area contributed by atoms with Crippen molar-refractivity contribution in [1.82, 2.24) is 0 Å². The molecule has 15 heavy (non-hydrogen) atoms. The van der Waals surface area contributed by atoms with Crippen molar-refractivity contribution in [3.63, 3.8) is 0 Å². The molecule has 0 aromatic heterocycles. The first kappa shape index (κ1) is 12.0. The second-order valence-corrected chi connectivity index (χ2v) is 3.86. The number of nitrogens with two attached hydrogens (primary N) is 1.